The van der Waals surface area contributed by atoms with Crippen LogP contribution in [0, 0.1) is 6.92 Å². The van der Waals surface area contributed by atoms with Gasteiger partial charge in [0.15, 0.2) is 0 Å². The van der Waals surface area contributed by atoms with Crippen LogP contribution in [0.3, 0.4) is 0 Å². The highest BCUT2D eigenvalue weighted by Crippen LogP contribution is 2.39. The van der Waals surface area contributed by atoms with Crippen molar-refractivity contribution in [3.8, 4) is 11.5 Å². The number of benzene rings is 3. The van der Waals surface area contributed by atoms with Crippen LogP contribution in [0.25, 0.3) is 0 Å². The molecular weight excluding hydrogens is 478 g/mol. The molecule has 0 saturated carbocycles. The molecule has 0 spiro atoms. The first-order valence-electron chi connectivity index (χ1n) is 12.1. The van der Waals surface area contributed by atoms with Gasteiger partial charge in [-0.2, -0.15) is 0 Å². The molecule has 0 radical (unpaired) electrons. The molecule has 35 heavy (non-hydrogen) atoms. The summed E-state index contributed by atoms with van der Waals surface area (Å²) in [5.74, 6) is 2.59. The monoisotopic (exact) mass is 507 g/mol. The molecule has 1 amide bonds. The Kier molecular flexibility index (Phi) is 7.26. The number of thioether (sulfide) groups is 1. The maximum absolute atomic E-state index is 13.4. The van der Waals surface area contributed by atoms with Crippen molar-refractivity contribution < 1.29 is 14.3 Å². The summed E-state index contributed by atoms with van der Waals surface area (Å²) in [4.78, 5) is 16.7. The summed E-state index contributed by atoms with van der Waals surface area (Å²) in [6, 6.07) is 22.4. The van der Waals surface area contributed by atoms with E-state index in [1.54, 1.807) is 18.9 Å². The summed E-state index contributed by atoms with van der Waals surface area (Å²) < 4.78 is 11.7. The number of carbonyl (C=O) groups excluding carboxylic acids is 1. The standard InChI is InChI=1S/C29H30ClNO3S/c1-19-7-14-25(30)27(15-19)34-24-16-22-12-13-23(17-24)31(22)29(32)21-10-8-20(9-11-21)18-35-28-6-4-3-5-26(28)33-2/h3-11,14-15,22-24H,12-13,16-18H2,1-2H3. The van der Waals surface area contributed by atoms with Crippen LogP contribution in [0.1, 0.15) is 47.2 Å². The van der Waals surface area contributed by atoms with Crippen molar-refractivity contribution in [3.05, 3.63) is 88.4 Å². The van der Waals surface area contributed by atoms with Crippen LogP contribution in [0.2, 0.25) is 5.02 Å². The zero-order chi connectivity index (χ0) is 24.4. The predicted molar refractivity (Wildman–Crippen MR) is 142 cm³/mol. The Balaban J connectivity index is 1.21. The van der Waals surface area contributed by atoms with E-state index in [9.17, 15) is 4.79 Å². The summed E-state index contributed by atoms with van der Waals surface area (Å²) >= 11 is 8.09. The van der Waals surface area contributed by atoms with Gasteiger partial charge in [0.25, 0.3) is 5.91 Å². The molecule has 0 aromatic heterocycles. The van der Waals surface area contributed by atoms with Crippen LogP contribution in [-0.4, -0.2) is 36.1 Å². The van der Waals surface area contributed by atoms with Gasteiger partial charge < -0.3 is 14.4 Å². The minimum absolute atomic E-state index is 0.0882. The number of nitrogens with zero attached hydrogens (tertiary/aromatic N) is 1. The number of aryl methyl sites for hydroxylation is 1. The predicted octanol–water partition coefficient (Wildman–Crippen LogP) is 7.16. The third-order valence-electron chi connectivity index (χ3n) is 6.97. The normalized spacial score (nSPS) is 21.1. The van der Waals surface area contributed by atoms with E-state index in [4.69, 9.17) is 21.1 Å². The van der Waals surface area contributed by atoms with Crippen molar-refractivity contribution in [3.63, 3.8) is 0 Å². The van der Waals surface area contributed by atoms with Gasteiger partial charge >= 0.3 is 0 Å². The second-order valence-corrected chi connectivity index (χ2v) is 10.8. The average Bonchev–Trinajstić information content (AvgIpc) is 3.15. The summed E-state index contributed by atoms with van der Waals surface area (Å²) in [6.07, 6.45) is 3.85. The number of hydrogen-bond donors (Lipinski definition) is 0. The molecule has 2 atom stereocenters. The van der Waals surface area contributed by atoms with E-state index < -0.39 is 0 Å². The molecule has 182 valence electrons. The topological polar surface area (TPSA) is 38.8 Å². The number of rotatable bonds is 7. The molecule has 3 aromatic carbocycles. The number of methoxy groups -OCH3 is 1. The first kappa shape index (κ1) is 24.1. The van der Waals surface area contributed by atoms with E-state index >= 15 is 0 Å². The lowest BCUT2D eigenvalue weighted by Gasteiger charge is -2.39. The number of halogens is 1. The molecule has 2 unspecified atom stereocenters. The van der Waals surface area contributed by atoms with Crippen LogP contribution in [0.5, 0.6) is 11.5 Å². The zero-order valence-electron chi connectivity index (χ0n) is 20.1. The first-order chi connectivity index (χ1) is 17.0. The Labute approximate surface area is 216 Å². The van der Waals surface area contributed by atoms with Crippen molar-refractivity contribution in [2.24, 2.45) is 0 Å². The van der Waals surface area contributed by atoms with Crippen molar-refractivity contribution >= 4 is 29.3 Å². The van der Waals surface area contributed by atoms with Gasteiger partial charge in [-0.15, -0.1) is 11.8 Å². The molecule has 6 heteroatoms. The van der Waals surface area contributed by atoms with Crippen LogP contribution in [0.4, 0.5) is 0 Å². The van der Waals surface area contributed by atoms with Gasteiger partial charge in [-0.05, 0) is 67.3 Å². The third kappa shape index (κ3) is 5.31. The van der Waals surface area contributed by atoms with E-state index in [-0.39, 0.29) is 24.1 Å². The highest BCUT2D eigenvalue weighted by atomic mass is 35.5. The smallest absolute Gasteiger partial charge is 0.254 e. The maximum atomic E-state index is 13.4. The van der Waals surface area contributed by atoms with Gasteiger partial charge in [0.05, 0.1) is 12.1 Å². The summed E-state index contributed by atoms with van der Waals surface area (Å²) in [6.45, 7) is 2.04. The van der Waals surface area contributed by atoms with Crippen molar-refractivity contribution in [2.75, 3.05) is 7.11 Å². The number of fused-ring (bicyclic) bond motifs is 2. The minimum Gasteiger partial charge on any atom is -0.496 e. The van der Waals surface area contributed by atoms with Crippen LogP contribution in [0.15, 0.2) is 71.6 Å². The maximum Gasteiger partial charge on any atom is 0.254 e. The number of piperidine rings is 1. The molecule has 4 nitrogen and oxygen atoms in total. The lowest BCUT2D eigenvalue weighted by atomic mass is 9.98. The largest absolute Gasteiger partial charge is 0.496 e. The van der Waals surface area contributed by atoms with Gasteiger partial charge in [-0.25, -0.2) is 0 Å². The summed E-state index contributed by atoms with van der Waals surface area (Å²) in [7, 11) is 1.69. The summed E-state index contributed by atoms with van der Waals surface area (Å²) in [5.41, 5.74) is 3.07. The van der Waals surface area contributed by atoms with E-state index in [0.717, 1.165) is 59.0 Å². The highest BCUT2D eigenvalue weighted by molar-refractivity contribution is 7.98. The molecule has 2 saturated heterocycles. The fourth-order valence-electron chi connectivity index (χ4n) is 5.23. The Hall–Kier alpha value is -2.63. The minimum atomic E-state index is 0.0882. The number of amides is 1. The molecule has 0 aliphatic carbocycles. The molecule has 3 aromatic rings. The fourth-order valence-corrected chi connectivity index (χ4v) is 6.37. The van der Waals surface area contributed by atoms with E-state index in [1.807, 2.05) is 55.5 Å². The lowest BCUT2D eigenvalue weighted by Crippen LogP contribution is -2.49. The first-order valence-corrected chi connectivity index (χ1v) is 13.5. The molecule has 5 rings (SSSR count). The van der Waals surface area contributed by atoms with Crippen LogP contribution in [-0.2, 0) is 5.75 Å². The van der Waals surface area contributed by atoms with Gasteiger partial charge in [0.2, 0.25) is 0 Å². The summed E-state index contributed by atoms with van der Waals surface area (Å²) in [5, 5.41) is 0.644. The quantitative estimate of drug-likeness (QED) is 0.318. The Morgan fingerprint density at radius 2 is 1.71 bits per heavy atom. The molecule has 2 aliphatic heterocycles. The fraction of sp³-hybridized carbons (Fsp3) is 0.345. The van der Waals surface area contributed by atoms with Gasteiger partial charge in [-0.3, -0.25) is 4.79 Å². The zero-order valence-corrected chi connectivity index (χ0v) is 21.6. The number of para-hydroxylation sites is 1. The Bertz CT molecular complexity index is 1180. The van der Waals surface area contributed by atoms with E-state index in [0.29, 0.717) is 5.02 Å². The Morgan fingerprint density at radius 3 is 2.43 bits per heavy atom. The molecular formula is C29H30ClNO3S. The molecule has 2 fully saturated rings. The van der Waals surface area contributed by atoms with E-state index in [1.165, 1.54) is 5.56 Å². The second-order valence-electron chi connectivity index (χ2n) is 9.38. The number of carbonyl (C=O) groups is 1. The van der Waals surface area contributed by atoms with Crippen molar-refractivity contribution in [2.45, 2.75) is 61.4 Å². The molecule has 2 bridgehead atoms. The number of hydrogen-bond acceptors (Lipinski definition) is 4. The second kappa shape index (κ2) is 10.5. The molecule has 2 heterocycles. The van der Waals surface area contributed by atoms with E-state index in [2.05, 4.69) is 23.1 Å². The highest BCUT2D eigenvalue weighted by Gasteiger charge is 2.44. The van der Waals surface area contributed by atoms with Crippen molar-refractivity contribution in [1.82, 2.24) is 4.90 Å². The molecule has 2 aliphatic rings. The van der Waals surface area contributed by atoms with Crippen LogP contribution >= 0.6 is 23.4 Å². The van der Waals surface area contributed by atoms with Gasteiger partial charge in [0.1, 0.15) is 17.6 Å². The van der Waals surface area contributed by atoms with Gasteiger partial charge in [-0.1, -0.05) is 41.9 Å². The van der Waals surface area contributed by atoms with Gasteiger partial charge in [0, 0.05) is 41.1 Å². The number of ether oxygens (including phenoxy) is 2. The third-order valence-corrected chi connectivity index (χ3v) is 8.41. The molecule has 0 N–H and O–H groups in total. The Morgan fingerprint density at radius 1 is 1.00 bits per heavy atom. The van der Waals surface area contributed by atoms with Crippen molar-refractivity contribution in [1.29, 1.82) is 0 Å². The van der Waals surface area contributed by atoms with Crippen LogP contribution < -0.4 is 9.47 Å². The SMILES string of the molecule is COc1ccccc1SCc1ccc(C(=O)N2C3CCC2CC(Oc2cc(C)ccc2Cl)C3)cc1. The average molecular weight is 508 g/mol. The lowest BCUT2D eigenvalue weighted by molar-refractivity contribution is 0.0359.